The third-order valence-electron chi connectivity index (χ3n) is 3.96. The summed E-state index contributed by atoms with van der Waals surface area (Å²) in [5.41, 5.74) is 6.51. The molecule has 0 bridgehead atoms. The first-order valence-electron chi connectivity index (χ1n) is 7.56. The minimum atomic E-state index is 0.132. The van der Waals surface area contributed by atoms with Gasteiger partial charge >= 0.3 is 0 Å². The first-order valence-corrected chi connectivity index (χ1v) is 7.56. The summed E-state index contributed by atoms with van der Waals surface area (Å²) in [6, 6.07) is 6.91. The van der Waals surface area contributed by atoms with Crippen LogP contribution in [0.2, 0.25) is 0 Å². The molecule has 116 valence electrons. The van der Waals surface area contributed by atoms with E-state index in [4.69, 9.17) is 5.73 Å². The molecule has 1 aliphatic rings. The number of benzene rings is 1. The van der Waals surface area contributed by atoms with Gasteiger partial charge in [-0.3, -0.25) is 9.69 Å². The second-order valence-corrected chi connectivity index (χ2v) is 5.87. The van der Waals surface area contributed by atoms with E-state index in [-0.39, 0.29) is 11.7 Å². The maximum atomic E-state index is 12.3. The molecular formula is C16H25N3O2. The second-order valence-electron chi connectivity index (χ2n) is 5.87. The van der Waals surface area contributed by atoms with Crippen molar-refractivity contribution in [1.29, 1.82) is 0 Å². The first-order chi connectivity index (χ1) is 10.1. The van der Waals surface area contributed by atoms with E-state index in [2.05, 4.69) is 11.8 Å². The lowest BCUT2D eigenvalue weighted by atomic mass is 10.1. The number of hydrogen-bond acceptors (Lipinski definition) is 4. The molecule has 1 saturated heterocycles. The van der Waals surface area contributed by atoms with Crippen molar-refractivity contribution in [2.75, 3.05) is 39.3 Å². The topological polar surface area (TPSA) is 69.8 Å². The quantitative estimate of drug-likeness (QED) is 0.837. The number of phenols is 1. The zero-order valence-electron chi connectivity index (χ0n) is 12.7. The molecular weight excluding hydrogens is 266 g/mol. The molecule has 0 aliphatic carbocycles. The van der Waals surface area contributed by atoms with Crippen LogP contribution in [0.15, 0.2) is 24.3 Å². The predicted octanol–water partition coefficient (Wildman–Crippen LogP) is 0.674. The van der Waals surface area contributed by atoms with Crippen LogP contribution in [-0.2, 0) is 11.2 Å². The Bertz CT molecular complexity index is 470. The Balaban J connectivity index is 1.80. The number of rotatable bonds is 5. The highest BCUT2D eigenvalue weighted by molar-refractivity contribution is 5.79. The maximum absolute atomic E-state index is 12.3. The van der Waals surface area contributed by atoms with E-state index in [1.54, 1.807) is 18.2 Å². The Hall–Kier alpha value is -1.59. The van der Waals surface area contributed by atoms with Crippen molar-refractivity contribution in [2.24, 2.45) is 11.7 Å². The van der Waals surface area contributed by atoms with E-state index in [0.717, 1.165) is 38.3 Å². The smallest absolute Gasteiger partial charge is 0.227 e. The van der Waals surface area contributed by atoms with Crippen molar-refractivity contribution < 1.29 is 9.90 Å². The summed E-state index contributed by atoms with van der Waals surface area (Å²) >= 11 is 0. The van der Waals surface area contributed by atoms with Gasteiger partial charge in [-0.1, -0.05) is 19.1 Å². The molecule has 0 aromatic heterocycles. The van der Waals surface area contributed by atoms with Crippen LogP contribution >= 0.6 is 0 Å². The number of carbonyl (C=O) groups excluding carboxylic acids is 1. The Morgan fingerprint density at radius 3 is 2.67 bits per heavy atom. The molecule has 1 aromatic carbocycles. The van der Waals surface area contributed by atoms with Crippen LogP contribution in [0.25, 0.3) is 0 Å². The summed E-state index contributed by atoms with van der Waals surface area (Å²) < 4.78 is 0. The highest BCUT2D eigenvalue weighted by Crippen LogP contribution is 2.13. The lowest BCUT2D eigenvalue weighted by molar-refractivity contribution is -0.132. The molecule has 0 radical (unpaired) electrons. The van der Waals surface area contributed by atoms with E-state index in [0.29, 0.717) is 18.9 Å². The number of piperazine rings is 1. The molecule has 1 aliphatic heterocycles. The van der Waals surface area contributed by atoms with Crippen molar-refractivity contribution in [3.05, 3.63) is 29.8 Å². The average Bonchev–Trinajstić information content (AvgIpc) is 2.47. The number of nitrogens with zero attached hydrogens (tertiary/aromatic N) is 2. The average molecular weight is 291 g/mol. The molecule has 0 spiro atoms. The van der Waals surface area contributed by atoms with E-state index >= 15 is 0 Å². The summed E-state index contributed by atoms with van der Waals surface area (Å²) in [4.78, 5) is 16.6. The molecule has 1 heterocycles. The minimum Gasteiger partial charge on any atom is -0.508 e. The molecule has 21 heavy (non-hydrogen) atoms. The van der Waals surface area contributed by atoms with Crippen LogP contribution in [-0.4, -0.2) is 60.1 Å². The van der Waals surface area contributed by atoms with Gasteiger partial charge < -0.3 is 15.7 Å². The van der Waals surface area contributed by atoms with Crippen LogP contribution in [0.5, 0.6) is 5.75 Å². The number of carbonyl (C=O) groups is 1. The van der Waals surface area contributed by atoms with Gasteiger partial charge in [0.05, 0.1) is 6.42 Å². The molecule has 1 amide bonds. The second kappa shape index (κ2) is 7.43. The standard InChI is InChI=1S/C16H25N3O2/c1-13(11-17)12-18-5-7-19(8-6-18)16(21)10-14-3-2-4-15(20)9-14/h2-4,9,13,20H,5-8,10-12,17H2,1H3. The number of phenolic OH excluding ortho intramolecular Hbond substituents is 1. The van der Waals surface area contributed by atoms with Gasteiger partial charge in [0.1, 0.15) is 5.75 Å². The van der Waals surface area contributed by atoms with E-state index in [1.165, 1.54) is 0 Å². The maximum Gasteiger partial charge on any atom is 0.227 e. The van der Waals surface area contributed by atoms with Crippen molar-refractivity contribution in [3.8, 4) is 5.75 Å². The highest BCUT2D eigenvalue weighted by atomic mass is 16.3. The normalized spacial score (nSPS) is 17.7. The van der Waals surface area contributed by atoms with E-state index in [1.807, 2.05) is 11.0 Å². The molecule has 1 atom stereocenters. The molecule has 2 rings (SSSR count). The molecule has 0 saturated carbocycles. The number of nitrogens with two attached hydrogens (primary N) is 1. The number of hydrogen-bond donors (Lipinski definition) is 2. The van der Waals surface area contributed by atoms with Gasteiger partial charge in [0.15, 0.2) is 0 Å². The Labute approximate surface area is 126 Å². The molecule has 1 unspecified atom stereocenters. The van der Waals surface area contributed by atoms with Crippen molar-refractivity contribution in [2.45, 2.75) is 13.3 Å². The summed E-state index contributed by atoms with van der Waals surface area (Å²) in [5, 5.41) is 9.44. The van der Waals surface area contributed by atoms with Gasteiger partial charge in [-0.25, -0.2) is 0 Å². The van der Waals surface area contributed by atoms with Gasteiger partial charge in [0, 0.05) is 32.7 Å². The minimum absolute atomic E-state index is 0.132. The Morgan fingerprint density at radius 2 is 2.05 bits per heavy atom. The fraction of sp³-hybridized carbons (Fsp3) is 0.562. The first kappa shape index (κ1) is 15.8. The van der Waals surface area contributed by atoms with Crippen LogP contribution in [0.4, 0.5) is 0 Å². The zero-order valence-corrected chi connectivity index (χ0v) is 12.7. The van der Waals surface area contributed by atoms with Gasteiger partial charge in [-0.05, 0) is 30.2 Å². The van der Waals surface area contributed by atoms with Gasteiger partial charge in [0.25, 0.3) is 0 Å². The lowest BCUT2D eigenvalue weighted by Crippen LogP contribution is -2.50. The monoisotopic (exact) mass is 291 g/mol. The predicted molar refractivity (Wildman–Crippen MR) is 83.0 cm³/mol. The van der Waals surface area contributed by atoms with Crippen molar-refractivity contribution >= 4 is 5.91 Å². The molecule has 3 N–H and O–H groups in total. The van der Waals surface area contributed by atoms with Gasteiger partial charge in [-0.15, -0.1) is 0 Å². The lowest BCUT2D eigenvalue weighted by Gasteiger charge is -2.35. The van der Waals surface area contributed by atoms with Crippen LogP contribution in [0.1, 0.15) is 12.5 Å². The third-order valence-corrected chi connectivity index (χ3v) is 3.96. The number of amides is 1. The molecule has 1 fully saturated rings. The van der Waals surface area contributed by atoms with Crippen molar-refractivity contribution in [1.82, 2.24) is 9.80 Å². The molecule has 5 heteroatoms. The fourth-order valence-corrected chi connectivity index (χ4v) is 2.65. The summed E-state index contributed by atoms with van der Waals surface area (Å²) in [6.45, 7) is 7.23. The summed E-state index contributed by atoms with van der Waals surface area (Å²) in [6.07, 6.45) is 0.355. The molecule has 5 nitrogen and oxygen atoms in total. The van der Waals surface area contributed by atoms with E-state index in [9.17, 15) is 9.90 Å². The number of aromatic hydroxyl groups is 1. The third kappa shape index (κ3) is 4.72. The Morgan fingerprint density at radius 1 is 1.33 bits per heavy atom. The fourth-order valence-electron chi connectivity index (χ4n) is 2.65. The van der Waals surface area contributed by atoms with Crippen LogP contribution < -0.4 is 5.73 Å². The SMILES string of the molecule is CC(CN)CN1CCN(C(=O)Cc2cccc(O)c2)CC1. The van der Waals surface area contributed by atoms with E-state index < -0.39 is 0 Å². The summed E-state index contributed by atoms with van der Waals surface area (Å²) in [7, 11) is 0. The van der Waals surface area contributed by atoms with Gasteiger partial charge in [0.2, 0.25) is 5.91 Å². The summed E-state index contributed by atoms with van der Waals surface area (Å²) in [5.74, 6) is 0.840. The van der Waals surface area contributed by atoms with Crippen LogP contribution in [0.3, 0.4) is 0 Å². The Kier molecular flexibility index (Phi) is 5.59. The highest BCUT2D eigenvalue weighted by Gasteiger charge is 2.21. The van der Waals surface area contributed by atoms with Crippen molar-refractivity contribution in [3.63, 3.8) is 0 Å². The molecule has 1 aromatic rings. The van der Waals surface area contributed by atoms with Gasteiger partial charge in [-0.2, -0.15) is 0 Å². The van der Waals surface area contributed by atoms with Crippen LogP contribution in [0, 0.1) is 5.92 Å². The largest absolute Gasteiger partial charge is 0.508 e. The zero-order chi connectivity index (χ0) is 15.2.